The molecule has 0 aliphatic rings. The number of benzene rings is 2. The highest BCUT2D eigenvalue weighted by molar-refractivity contribution is 6.17. The van der Waals surface area contributed by atoms with E-state index in [2.05, 4.69) is 6.07 Å². The van der Waals surface area contributed by atoms with Crippen molar-refractivity contribution in [3.63, 3.8) is 0 Å². The van der Waals surface area contributed by atoms with Crippen LogP contribution in [0.5, 0.6) is 0 Å². The van der Waals surface area contributed by atoms with Crippen LogP contribution in [0.4, 0.5) is 0 Å². The second-order valence-electron chi connectivity index (χ2n) is 6.93. The van der Waals surface area contributed by atoms with Crippen molar-refractivity contribution in [2.24, 2.45) is 0 Å². The number of fused-ring (bicyclic) bond motifs is 3. The summed E-state index contributed by atoms with van der Waals surface area (Å²) in [4.78, 5) is 15.6. The van der Waals surface area contributed by atoms with Crippen LogP contribution in [0, 0.1) is 11.3 Å². The highest BCUT2D eigenvalue weighted by Gasteiger charge is 2.19. The first-order chi connectivity index (χ1) is 13.1. The molecule has 0 spiro atoms. The zero-order chi connectivity index (χ0) is 19.0. The van der Waals surface area contributed by atoms with E-state index in [4.69, 9.17) is 0 Å². The van der Waals surface area contributed by atoms with Gasteiger partial charge < -0.3 is 9.30 Å². The molecule has 2 aromatic heterocycles. The number of nitriles is 1. The fourth-order valence-electron chi connectivity index (χ4n) is 3.56. The molecule has 0 aliphatic heterocycles. The molecule has 0 fully saturated rings. The van der Waals surface area contributed by atoms with Crippen molar-refractivity contribution in [2.45, 2.75) is 6.54 Å². The summed E-state index contributed by atoms with van der Waals surface area (Å²) in [5.74, 6) is -0.0595. The molecule has 0 N–H and O–H groups in total. The molecule has 4 nitrogen and oxygen atoms in total. The predicted octanol–water partition coefficient (Wildman–Crippen LogP) is 4.26. The first kappa shape index (κ1) is 17.0. The number of hydrogen-bond donors (Lipinski definition) is 0. The number of ketones is 1. The molecular formula is C23H19N3O. The van der Waals surface area contributed by atoms with Gasteiger partial charge in [0.1, 0.15) is 0 Å². The van der Waals surface area contributed by atoms with Gasteiger partial charge in [-0.15, -0.1) is 0 Å². The normalized spacial score (nSPS) is 11.2. The molecule has 0 saturated carbocycles. The molecule has 2 heterocycles. The molecule has 4 heteroatoms. The van der Waals surface area contributed by atoms with Crippen LogP contribution in [0.2, 0.25) is 0 Å². The van der Waals surface area contributed by atoms with Gasteiger partial charge in [-0.25, -0.2) is 0 Å². The number of nitrogens with zero attached hydrogens (tertiary/aromatic N) is 3. The Morgan fingerprint density at radius 1 is 1.04 bits per heavy atom. The van der Waals surface area contributed by atoms with E-state index in [9.17, 15) is 10.1 Å². The largest absolute Gasteiger partial charge is 0.316 e. The van der Waals surface area contributed by atoms with Gasteiger partial charge >= 0.3 is 0 Å². The van der Waals surface area contributed by atoms with Crippen LogP contribution in [-0.2, 0) is 6.54 Å². The lowest BCUT2D eigenvalue weighted by atomic mass is 9.94. The number of pyridine rings is 1. The van der Waals surface area contributed by atoms with Crippen LogP contribution < -0.4 is 0 Å². The van der Waals surface area contributed by atoms with Crippen molar-refractivity contribution in [1.29, 1.82) is 5.26 Å². The average Bonchev–Trinajstić information content (AvgIpc) is 3.15. The van der Waals surface area contributed by atoms with E-state index >= 15 is 0 Å². The minimum Gasteiger partial charge on any atom is -0.316 e. The summed E-state index contributed by atoms with van der Waals surface area (Å²) >= 11 is 0. The smallest absolute Gasteiger partial charge is 0.195 e. The minimum atomic E-state index is -0.0595. The van der Waals surface area contributed by atoms with E-state index < -0.39 is 0 Å². The Kier molecular flexibility index (Phi) is 4.23. The lowest BCUT2D eigenvalue weighted by Gasteiger charge is -2.15. The Hall–Kier alpha value is -3.42. The Morgan fingerprint density at radius 2 is 1.85 bits per heavy atom. The Labute approximate surface area is 157 Å². The average molecular weight is 353 g/mol. The lowest BCUT2D eigenvalue weighted by Crippen LogP contribution is -2.15. The highest BCUT2D eigenvalue weighted by Crippen LogP contribution is 2.27. The fourth-order valence-corrected chi connectivity index (χ4v) is 3.56. The van der Waals surface area contributed by atoms with Gasteiger partial charge in [0.2, 0.25) is 0 Å². The summed E-state index contributed by atoms with van der Waals surface area (Å²) < 4.78 is 2.01. The van der Waals surface area contributed by atoms with Crippen LogP contribution in [0.25, 0.3) is 16.4 Å². The van der Waals surface area contributed by atoms with Gasteiger partial charge in [-0.3, -0.25) is 4.79 Å². The third kappa shape index (κ3) is 2.99. The molecule has 0 amide bonds. The third-order valence-electron chi connectivity index (χ3n) is 4.72. The molecule has 0 atom stereocenters. The topological polar surface area (TPSA) is 48.5 Å². The highest BCUT2D eigenvalue weighted by atomic mass is 16.1. The summed E-state index contributed by atoms with van der Waals surface area (Å²) in [5, 5.41) is 10.3. The monoisotopic (exact) mass is 353 g/mol. The van der Waals surface area contributed by atoms with Crippen molar-refractivity contribution in [3.8, 4) is 6.07 Å². The zero-order valence-corrected chi connectivity index (χ0v) is 15.3. The molecule has 0 saturated heterocycles. The molecule has 0 unspecified atom stereocenters. The van der Waals surface area contributed by atoms with Crippen LogP contribution in [-0.4, -0.2) is 29.2 Å². The number of carbonyl (C=O) groups is 1. The second kappa shape index (κ2) is 6.71. The standard InChI is InChI=1S/C23H19N3O/c1-25(2)15-18-6-3-4-8-20(18)23(27)21-13-16(14-24)12-17-9-10-19-7-5-11-26(19)22(17)21/h3-13H,15H2,1-2H3. The molecule has 0 aliphatic carbocycles. The summed E-state index contributed by atoms with van der Waals surface area (Å²) in [6.07, 6.45) is 1.95. The number of rotatable bonds is 4. The van der Waals surface area contributed by atoms with E-state index in [1.54, 1.807) is 6.07 Å². The van der Waals surface area contributed by atoms with Gasteiger partial charge in [-0.2, -0.15) is 5.26 Å². The molecule has 132 valence electrons. The Morgan fingerprint density at radius 3 is 2.63 bits per heavy atom. The van der Waals surface area contributed by atoms with Crippen LogP contribution in [0.1, 0.15) is 27.0 Å². The van der Waals surface area contributed by atoms with Gasteiger partial charge in [0.15, 0.2) is 5.78 Å². The molecule has 4 rings (SSSR count). The molecule has 0 radical (unpaired) electrons. The van der Waals surface area contributed by atoms with E-state index in [1.807, 2.05) is 84.2 Å². The molecule has 2 aromatic carbocycles. The van der Waals surface area contributed by atoms with Crippen molar-refractivity contribution >= 4 is 22.2 Å². The Balaban J connectivity index is 2.00. The maximum absolute atomic E-state index is 13.6. The fraction of sp³-hybridized carbons (Fsp3) is 0.130. The third-order valence-corrected chi connectivity index (χ3v) is 4.72. The first-order valence-electron chi connectivity index (χ1n) is 8.80. The van der Waals surface area contributed by atoms with Crippen molar-refractivity contribution in [3.05, 3.63) is 89.1 Å². The van der Waals surface area contributed by atoms with Crippen molar-refractivity contribution in [2.75, 3.05) is 14.1 Å². The molecule has 0 bridgehead atoms. The van der Waals surface area contributed by atoms with E-state index in [-0.39, 0.29) is 5.78 Å². The number of hydrogen-bond acceptors (Lipinski definition) is 3. The van der Waals surface area contributed by atoms with Gasteiger partial charge in [0.25, 0.3) is 0 Å². The quantitative estimate of drug-likeness (QED) is 0.515. The van der Waals surface area contributed by atoms with Gasteiger partial charge in [-0.05, 0) is 50.0 Å². The summed E-state index contributed by atoms with van der Waals surface area (Å²) in [6, 6.07) is 21.3. The predicted molar refractivity (Wildman–Crippen MR) is 107 cm³/mol. The summed E-state index contributed by atoms with van der Waals surface area (Å²) in [5.41, 5.74) is 4.54. The van der Waals surface area contributed by atoms with Crippen LogP contribution >= 0.6 is 0 Å². The minimum absolute atomic E-state index is 0.0595. The van der Waals surface area contributed by atoms with Gasteiger partial charge in [0.05, 0.1) is 17.1 Å². The molecular weight excluding hydrogens is 334 g/mol. The van der Waals surface area contributed by atoms with Gasteiger partial charge in [0, 0.05) is 34.8 Å². The lowest BCUT2D eigenvalue weighted by molar-refractivity contribution is 0.103. The summed E-state index contributed by atoms with van der Waals surface area (Å²) in [6.45, 7) is 0.677. The van der Waals surface area contributed by atoms with E-state index in [0.717, 1.165) is 22.0 Å². The second-order valence-corrected chi connectivity index (χ2v) is 6.93. The number of aromatic nitrogens is 1. The molecule has 4 aromatic rings. The molecule has 27 heavy (non-hydrogen) atoms. The first-order valence-corrected chi connectivity index (χ1v) is 8.80. The SMILES string of the molecule is CN(C)Cc1ccccc1C(=O)c1cc(C#N)cc2ccc3cccn3c12. The van der Waals surface area contributed by atoms with Crippen LogP contribution in [0.3, 0.4) is 0 Å². The summed E-state index contributed by atoms with van der Waals surface area (Å²) in [7, 11) is 3.96. The zero-order valence-electron chi connectivity index (χ0n) is 15.3. The van der Waals surface area contributed by atoms with E-state index in [0.29, 0.717) is 23.2 Å². The van der Waals surface area contributed by atoms with E-state index in [1.165, 1.54) is 0 Å². The maximum atomic E-state index is 13.6. The number of carbonyl (C=O) groups excluding carboxylic acids is 1. The Bertz CT molecular complexity index is 1210. The van der Waals surface area contributed by atoms with Crippen molar-refractivity contribution < 1.29 is 4.79 Å². The van der Waals surface area contributed by atoms with Crippen LogP contribution in [0.15, 0.2) is 66.9 Å². The van der Waals surface area contributed by atoms with Gasteiger partial charge in [-0.1, -0.05) is 30.3 Å². The maximum Gasteiger partial charge on any atom is 0.195 e. The van der Waals surface area contributed by atoms with Crippen molar-refractivity contribution in [1.82, 2.24) is 9.30 Å².